The Kier molecular flexibility index (Phi) is 4.89. The molecule has 0 aliphatic carbocycles. The molecule has 26 heavy (non-hydrogen) atoms. The van der Waals surface area contributed by atoms with E-state index in [1.165, 1.54) is 11.8 Å². The minimum atomic E-state index is -0.602. The molecule has 0 saturated heterocycles. The normalized spacial score (nSPS) is 15.3. The molecule has 2 heterocycles. The van der Waals surface area contributed by atoms with Crippen LogP contribution in [0.4, 0.5) is 5.69 Å². The zero-order valence-corrected chi connectivity index (χ0v) is 16.1. The van der Waals surface area contributed by atoms with Gasteiger partial charge in [0.25, 0.3) is 0 Å². The average molecular weight is 405 g/mol. The fourth-order valence-electron chi connectivity index (χ4n) is 2.73. The highest BCUT2D eigenvalue weighted by Crippen LogP contribution is 2.42. The van der Waals surface area contributed by atoms with Crippen LogP contribution in [0.3, 0.4) is 0 Å². The first-order chi connectivity index (χ1) is 12.7. The summed E-state index contributed by atoms with van der Waals surface area (Å²) in [6, 6.07) is 13.1. The standard InChI is InChI=1S/C18H14Cl2N4OS/c1-2-26-18-22-17-15(23-24-18)10-6-3-4-9-13(10)21-16(25-17)14-11(19)7-5-8-12(14)20/h3-9,16,21H,2H2,1H3. The first kappa shape index (κ1) is 17.4. The smallest absolute Gasteiger partial charge is 0.247 e. The van der Waals surface area contributed by atoms with E-state index in [2.05, 4.69) is 20.5 Å². The van der Waals surface area contributed by atoms with Gasteiger partial charge in [-0.2, -0.15) is 4.98 Å². The van der Waals surface area contributed by atoms with E-state index in [4.69, 9.17) is 27.9 Å². The van der Waals surface area contributed by atoms with Crippen molar-refractivity contribution in [3.8, 4) is 17.1 Å². The molecule has 3 aromatic rings. The van der Waals surface area contributed by atoms with Crippen molar-refractivity contribution in [2.75, 3.05) is 11.1 Å². The Morgan fingerprint density at radius 1 is 1.08 bits per heavy atom. The number of anilines is 1. The molecule has 0 bridgehead atoms. The van der Waals surface area contributed by atoms with Crippen molar-refractivity contribution < 1.29 is 4.74 Å². The number of halogens is 2. The first-order valence-electron chi connectivity index (χ1n) is 8.01. The fraction of sp³-hybridized carbons (Fsp3) is 0.167. The van der Waals surface area contributed by atoms with E-state index in [1.54, 1.807) is 18.2 Å². The molecule has 1 aromatic heterocycles. The summed E-state index contributed by atoms with van der Waals surface area (Å²) in [5.41, 5.74) is 2.95. The molecule has 2 aromatic carbocycles. The van der Waals surface area contributed by atoms with E-state index < -0.39 is 6.23 Å². The van der Waals surface area contributed by atoms with Crippen LogP contribution < -0.4 is 10.1 Å². The second-order valence-electron chi connectivity index (χ2n) is 5.50. The predicted octanol–water partition coefficient (Wildman–Crippen LogP) is 5.46. The highest BCUT2D eigenvalue weighted by atomic mass is 35.5. The maximum Gasteiger partial charge on any atom is 0.247 e. The molecule has 8 heteroatoms. The minimum Gasteiger partial charge on any atom is -0.448 e. The molecule has 1 unspecified atom stereocenters. The summed E-state index contributed by atoms with van der Waals surface area (Å²) in [6.45, 7) is 2.03. The van der Waals surface area contributed by atoms with Gasteiger partial charge in [-0.3, -0.25) is 0 Å². The zero-order valence-electron chi connectivity index (χ0n) is 13.7. The molecule has 1 N–H and O–H groups in total. The number of para-hydroxylation sites is 1. The number of thioether (sulfide) groups is 1. The Balaban J connectivity index is 1.88. The Morgan fingerprint density at radius 3 is 2.62 bits per heavy atom. The van der Waals surface area contributed by atoms with Gasteiger partial charge in [-0.15, -0.1) is 10.2 Å². The summed E-state index contributed by atoms with van der Waals surface area (Å²) in [7, 11) is 0. The number of benzene rings is 2. The minimum absolute atomic E-state index is 0.398. The van der Waals surface area contributed by atoms with Crippen LogP contribution in [0, 0.1) is 0 Å². The Bertz CT molecular complexity index is 949. The monoisotopic (exact) mass is 404 g/mol. The number of aromatic nitrogens is 3. The van der Waals surface area contributed by atoms with E-state index in [0.29, 0.717) is 32.3 Å². The molecule has 1 aliphatic rings. The number of fused-ring (bicyclic) bond motifs is 3. The van der Waals surface area contributed by atoms with E-state index in [0.717, 1.165) is 17.0 Å². The Labute approximate surface area is 165 Å². The summed E-state index contributed by atoms with van der Waals surface area (Å²) in [6.07, 6.45) is -0.602. The van der Waals surface area contributed by atoms with E-state index in [1.807, 2.05) is 31.2 Å². The summed E-state index contributed by atoms with van der Waals surface area (Å²) < 4.78 is 6.17. The van der Waals surface area contributed by atoms with E-state index >= 15 is 0 Å². The van der Waals surface area contributed by atoms with Crippen molar-refractivity contribution in [1.82, 2.24) is 15.2 Å². The number of nitrogens with one attached hydrogen (secondary N) is 1. The van der Waals surface area contributed by atoms with Crippen LogP contribution in [0.15, 0.2) is 47.6 Å². The lowest BCUT2D eigenvalue weighted by molar-refractivity contribution is 0.225. The summed E-state index contributed by atoms with van der Waals surface area (Å²) in [5, 5.41) is 13.5. The fourth-order valence-corrected chi connectivity index (χ4v) is 3.83. The summed E-state index contributed by atoms with van der Waals surface area (Å²) in [5.74, 6) is 1.24. The van der Waals surface area contributed by atoms with Crippen LogP contribution in [0.2, 0.25) is 10.0 Å². The highest BCUT2D eigenvalue weighted by molar-refractivity contribution is 7.99. The molecular weight excluding hydrogens is 391 g/mol. The SMILES string of the molecule is CCSc1nnc2c(n1)OC(c1c(Cl)cccc1Cl)Nc1ccccc1-2. The van der Waals surface area contributed by atoms with Crippen LogP contribution >= 0.6 is 35.0 Å². The summed E-state index contributed by atoms with van der Waals surface area (Å²) in [4.78, 5) is 4.54. The van der Waals surface area contributed by atoms with Gasteiger partial charge in [-0.05, 0) is 24.0 Å². The van der Waals surface area contributed by atoms with E-state index in [-0.39, 0.29) is 0 Å². The topological polar surface area (TPSA) is 59.9 Å². The van der Waals surface area contributed by atoms with Gasteiger partial charge in [0.2, 0.25) is 17.3 Å². The van der Waals surface area contributed by atoms with Crippen molar-refractivity contribution in [2.24, 2.45) is 0 Å². The highest BCUT2D eigenvalue weighted by Gasteiger charge is 2.28. The Morgan fingerprint density at radius 2 is 1.85 bits per heavy atom. The number of hydrogen-bond acceptors (Lipinski definition) is 6. The lowest BCUT2D eigenvalue weighted by Crippen LogP contribution is -2.18. The molecule has 0 spiro atoms. The number of rotatable bonds is 3. The van der Waals surface area contributed by atoms with Crippen molar-refractivity contribution in [3.05, 3.63) is 58.1 Å². The van der Waals surface area contributed by atoms with Crippen LogP contribution in [-0.2, 0) is 0 Å². The summed E-state index contributed by atoms with van der Waals surface area (Å²) >= 11 is 14.3. The maximum atomic E-state index is 6.39. The average Bonchev–Trinajstić information content (AvgIpc) is 2.78. The third-order valence-corrected chi connectivity index (χ3v) is 5.25. The number of hydrogen-bond donors (Lipinski definition) is 1. The lowest BCUT2D eigenvalue weighted by Gasteiger charge is -2.21. The molecule has 0 amide bonds. The van der Waals surface area contributed by atoms with Crippen LogP contribution in [0.1, 0.15) is 18.7 Å². The molecule has 0 radical (unpaired) electrons. The Hall–Kier alpha value is -2.02. The predicted molar refractivity (Wildman–Crippen MR) is 105 cm³/mol. The van der Waals surface area contributed by atoms with Crippen molar-refractivity contribution >= 4 is 40.7 Å². The van der Waals surface area contributed by atoms with Gasteiger partial charge in [0.05, 0.1) is 15.6 Å². The molecule has 1 aliphatic heterocycles. The zero-order chi connectivity index (χ0) is 18.1. The van der Waals surface area contributed by atoms with Crippen LogP contribution in [-0.4, -0.2) is 20.9 Å². The first-order valence-corrected chi connectivity index (χ1v) is 9.75. The van der Waals surface area contributed by atoms with Gasteiger partial charge in [-0.25, -0.2) is 0 Å². The second-order valence-corrected chi connectivity index (χ2v) is 7.55. The molecule has 0 saturated carbocycles. The number of ether oxygens (including phenoxy) is 1. The second kappa shape index (κ2) is 7.31. The number of nitrogens with zero attached hydrogens (tertiary/aromatic N) is 3. The van der Waals surface area contributed by atoms with Crippen LogP contribution in [0.5, 0.6) is 5.88 Å². The molecule has 0 fully saturated rings. The van der Waals surface area contributed by atoms with Crippen molar-refractivity contribution in [1.29, 1.82) is 0 Å². The maximum absolute atomic E-state index is 6.39. The third kappa shape index (κ3) is 3.20. The molecule has 132 valence electrons. The molecule has 1 atom stereocenters. The van der Waals surface area contributed by atoms with Gasteiger partial charge >= 0.3 is 0 Å². The quantitative estimate of drug-likeness (QED) is 0.584. The van der Waals surface area contributed by atoms with Gasteiger partial charge in [-0.1, -0.05) is 66.2 Å². The van der Waals surface area contributed by atoms with E-state index in [9.17, 15) is 0 Å². The van der Waals surface area contributed by atoms with Crippen molar-refractivity contribution in [2.45, 2.75) is 18.3 Å². The van der Waals surface area contributed by atoms with Crippen molar-refractivity contribution in [3.63, 3.8) is 0 Å². The van der Waals surface area contributed by atoms with Gasteiger partial charge in [0.1, 0.15) is 0 Å². The lowest BCUT2D eigenvalue weighted by atomic mass is 10.1. The molecular formula is C18H14Cl2N4OS. The van der Waals surface area contributed by atoms with Gasteiger partial charge in [0, 0.05) is 11.3 Å². The largest absolute Gasteiger partial charge is 0.448 e. The molecule has 4 rings (SSSR count). The van der Waals surface area contributed by atoms with Crippen LogP contribution in [0.25, 0.3) is 11.3 Å². The van der Waals surface area contributed by atoms with Gasteiger partial charge in [0.15, 0.2) is 5.69 Å². The third-order valence-electron chi connectivity index (χ3n) is 3.87. The molecule has 5 nitrogen and oxygen atoms in total. The van der Waals surface area contributed by atoms with Gasteiger partial charge < -0.3 is 10.1 Å².